The molecule has 1 aliphatic rings. The van der Waals surface area contributed by atoms with Gasteiger partial charge in [-0.25, -0.2) is 0 Å². The SMILES string of the molecule is CCNC(=NCC(O)c1cc(OC)ccc1OC)NCCCN1CCC(C)CC1. The van der Waals surface area contributed by atoms with Gasteiger partial charge in [0, 0.05) is 18.7 Å². The summed E-state index contributed by atoms with van der Waals surface area (Å²) in [5.41, 5.74) is 0.672. The highest BCUT2D eigenvalue weighted by atomic mass is 16.5. The fraction of sp³-hybridized carbons (Fsp3) is 0.682. The van der Waals surface area contributed by atoms with Crippen molar-refractivity contribution in [1.29, 1.82) is 0 Å². The number of ether oxygens (including phenoxy) is 2. The topological polar surface area (TPSA) is 78.4 Å². The van der Waals surface area contributed by atoms with Crippen LogP contribution in [0.4, 0.5) is 0 Å². The van der Waals surface area contributed by atoms with Crippen LogP contribution in [0.2, 0.25) is 0 Å². The highest BCUT2D eigenvalue weighted by Crippen LogP contribution is 2.29. The van der Waals surface area contributed by atoms with Crippen LogP contribution >= 0.6 is 0 Å². The van der Waals surface area contributed by atoms with Crippen LogP contribution in [0.5, 0.6) is 11.5 Å². The summed E-state index contributed by atoms with van der Waals surface area (Å²) in [6.45, 7) is 9.78. The van der Waals surface area contributed by atoms with Crippen molar-refractivity contribution in [3.8, 4) is 11.5 Å². The maximum absolute atomic E-state index is 10.6. The number of aliphatic hydroxyl groups is 1. The first-order valence-corrected chi connectivity index (χ1v) is 10.7. The van der Waals surface area contributed by atoms with Gasteiger partial charge in [-0.3, -0.25) is 4.99 Å². The Labute approximate surface area is 175 Å². The first-order valence-electron chi connectivity index (χ1n) is 10.7. The molecule has 0 aliphatic carbocycles. The van der Waals surface area contributed by atoms with Gasteiger partial charge in [0.25, 0.3) is 0 Å². The second-order valence-electron chi connectivity index (χ2n) is 7.65. The molecule has 0 amide bonds. The van der Waals surface area contributed by atoms with Crippen LogP contribution in [0, 0.1) is 5.92 Å². The van der Waals surface area contributed by atoms with E-state index in [2.05, 4.69) is 27.4 Å². The lowest BCUT2D eigenvalue weighted by Gasteiger charge is -2.30. The van der Waals surface area contributed by atoms with Crippen molar-refractivity contribution < 1.29 is 14.6 Å². The van der Waals surface area contributed by atoms with E-state index in [1.807, 2.05) is 13.0 Å². The number of aliphatic hydroxyl groups excluding tert-OH is 1. The Hall–Kier alpha value is -1.99. The Balaban J connectivity index is 1.84. The Morgan fingerprint density at radius 2 is 2.00 bits per heavy atom. The average molecular weight is 407 g/mol. The molecule has 3 N–H and O–H groups in total. The molecule has 1 atom stereocenters. The lowest BCUT2D eigenvalue weighted by atomic mass is 9.99. The molecule has 1 fully saturated rings. The minimum absolute atomic E-state index is 0.239. The molecule has 1 aromatic rings. The quantitative estimate of drug-likeness (QED) is 0.315. The number of methoxy groups -OCH3 is 2. The van der Waals surface area contributed by atoms with Gasteiger partial charge in [0.15, 0.2) is 5.96 Å². The minimum Gasteiger partial charge on any atom is -0.497 e. The van der Waals surface area contributed by atoms with E-state index in [0.29, 0.717) is 17.1 Å². The van der Waals surface area contributed by atoms with E-state index in [1.54, 1.807) is 26.4 Å². The third-order valence-electron chi connectivity index (χ3n) is 5.38. The lowest BCUT2D eigenvalue weighted by Crippen LogP contribution is -2.40. The third kappa shape index (κ3) is 7.74. The maximum Gasteiger partial charge on any atom is 0.191 e. The number of aliphatic imine (C=N–C) groups is 1. The fourth-order valence-electron chi connectivity index (χ4n) is 3.51. The molecule has 2 rings (SSSR count). The third-order valence-corrected chi connectivity index (χ3v) is 5.38. The zero-order valence-electron chi connectivity index (χ0n) is 18.4. The Morgan fingerprint density at radius 1 is 1.24 bits per heavy atom. The predicted molar refractivity (Wildman–Crippen MR) is 118 cm³/mol. The molecule has 0 radical (unpaired) electrons. The molecule has 7 heteroatoms. The van der Waals surface area contributed by atoms with E-state index in [4.69, 9.17) is 9.47 Å². The molecule has 1 heterocycles. The molecule has 0 saturated carbocycles. The van der Waals surface area contributed by atoms with Gasteiger partial charge >= 0.3 is 0 Å². The second-order valence-corrected chi connectivity index (χ2v) is 7.65. The smallest absolute Gasteiger partial charge is 0.191 e. The largest absolute Gasteiger partial charge is 0.497 e. The average Bonchev–Trinajstić information content (AvgIpc) is 2.75. The van der Waals surface area contributed by atoms with Crippen LogP contribution in [0.25, 0.3) is 0 Å². The minimum atomic E-state index is -0.772. The first kappa shape index (κ1) is 23.3. The van der Waals surface area contributed by atoms with E-state index in [9.17, 15) is 5.11 Å². The van der Waals surface area contributed by atoms with Gasteiger partial charge in [0.2, 0.25) is 0 Å². The Morgan fingerprint density at radius 3 is 2.66 bits per heavy atom. The van der Waals surface area contributed by atoms with Crippen LogP contribution in [0.1, 0.15) is 44.8 Å². The van der Waals surface area contributed by atoms with E-state index >= 15 is 0 Å². The molecule has 0 aromatic heterocycles. The van der Waals surface area contributed by atoms with Gasteiger partial charge in [-0.05, 0) is 69.9 Å². The van der Waals surface area contributed by atoms with Gasteiger partial charge in [0.1, 0.15) is 17.6 Å². The van der Waals surface area contributed by atoms with Crippen molar-refractivity contribution in [1.82, 2.24) is 15.5 Å². The number of piperidine rings is 1. The number of likely N-dealkylation sites (tertiary alicyclic amines) is 1. The highest BCUT2D eigenvalue weighted by Gasteiger charge is 2.16. The van der Waals surface area contributed by atoms with Crippen molar-refractivity contribution in [3.63, 3.8) is 0 Å². The van der Waals surface area contributed by atoms with Gasteiger partial charge in [-0.15, -0.1) is 0 Å². The number of nitrogens with one attached hydrogen (secondary N) is 2. The summed E-state index contributed by atoms with van der Waals surface area (Å²) >= 11 is 0. The number of hydrogen-bond acceptors (Lipinski definition) is 5. The number of guanidine groups is 1. The molecular weight excluding hydrogens is 368 g/mol. The highest BCUT2D eigenvalue weighted by molar-refractivity contribution is 5.79. The summed E-state index contributed by atoms with van der Waals surface area (Å²) in [5.74, 6) is 2.90. The Bertz CT molecular complexity index is 630. The summed E-state index contributed by atoms with van der Waals surface area (Å²) in [7, 11) is 3.20. The number of nitrogens with zero attached hydrogens (tertiary/aromatic N) is 2. The zero-order chi connectivity index (χ0) is 21.1. The van der Waals surface area contributed by atoms with Crippen molar-refractivity contribution in [2.75, 3.05) is 53.5 Å². The fourth-order valence-corrected chi connectivity index (χ4v) is 3.51. The molecule has 0 bridgehead atoms. The molecule has 1 unspecified atom stereocenters. The van der Waals surface area contributed by atoms with E-state index in [-0.39, 0.29) is 6.54 Å². The van der Waals surface area contributed by atoms with Crippen LogP contribution in [-0.2, 0) is 0 Å². The maximum atomic E-state index is 10.6. The van der Waals surface area contributed by atoms with Crippen molar-refractivity contribution >= 4 is 5.96 Å². The molecule has 1 aromatic carbocycles. The summed E-state index contributed by atoms with van der Waals surface area (Å²) in [5, 5.41) is 17.2. The van der Waals surface area contributed by atoms with Crippen LogP contribution in [0.3, 0.4) is 0 Å². The van der Waals surface area contributed by atoms with Crippen molar-refractivity contribution in [3.05, 3.63) is 23.8 Å². The molecule has 7 nitrogen and oxygen atoms in total. The van der Waals surface area contributed by atoms with E-state index in [1.165, 1.54) is 25.9 Å². The van der Waals surface area contributed by atoms with Gasteiger partial charge in [-0.2, -0.15) is 0 Å². The number of benzene rings is 1. The zero-order valence-corrected chi connectivity index (χ0v) is 18.4. The van der Waals surface area contributed by atoms with E-state index in [0.717, 1.165) is 37.9 Å². The molecule has 164 valence electrons. The standard InChI is InChI=1S/C22H38N4O3/c1-5-23-22(24-11-6-12-26-13-9-17(2)10-14-26)25-16-20(27)19-15-18(28-3)7-8-21(19)29-4/h7-8,15,17,20,27H,5-6,9-14,16H2,1-4H3,(H2,23,24,25). The van der Waals surface area contributed by atoms with Crippen molar-refractivity contribution in [2.24, 2.45) is 10.9 Å². The molecule has 1 saturated heterocycles. The van der Waals surface area contributed by atoms with Crippen LogP contribution in [0.15, 0.2) is 23.2 Å². The summed E-state index contributed by atoms with van der Waals surface area (Å²) in [6.07, 6.45) is 2.92. The molecule has 0 spiro atoms. The Kier molecular flexibility index (Phi) is 10.1. The van der Waals surface area contributed by atoms with Gasteiger partial charge in [-0.1, -0.05) is 6.92 Å². The summed E-state index contributed by atoms with van der Waals surface area (Å²) in [6, 6.07) is 5.40. The normalized spacial score (nSPS) is 17.1. The molecular formula is C22H38N4O3. The van der Waals surface area contributed by atoms with E-state index < -0.39 is 6.10 Å². The monoisotopic (exact) mass is 406 g/mol. The number of hydrogen-bond donors (Lipinski definition) is 3. The molecule has 1 aliphatic heterocycles. The van der Waals surface area contributed by atoms with Gasteiger partial charge in [0.05, 0.1) is 20.8 Å². The van der Waals surface area contributed by atoms with Gasteiger partial charge < -0.3 is 30.1 Å². The second kappa shape index (κ2) is 12.5. The van der Waals surface area contributed by atoms with Crippen LogP contribution < -0.4 is 20.1 Å². The summed E-state index contributed by atoms with van der Waals surface area (Å²) < 4.78 is 10.6. The number of rotatable bonds is 10. The summed E-state index contributed by atoms with van der Waals surface area (Å²) in [4.78, 5) is 7.10. The first-order chi connectivity index (χ1) is 14.1. The molecule has 29 heavy (non-hydrogen) atoms. The van der Waals surface area contributed by atoms with Crippen LogP contribution in [-0.4, -0.2) is 69.5 Å². The predicted octanol–water partition coefficient (Wildman–Crippen LogP) is 2.41. The van der Waals surface area contributed by atoms with Crippen molar-refractivity contribution in [2.45, 2.75) is 39.2 Å². The lowest BCUT2D eigenvalue weighted by molar-refractivity contribution is 0.182.